The van der Waals surface area contributed by atoms with Crippen molar-refractivity contribution in [3.8, 4) is 11.5 Å². The number of carbonyl (C=O) groups is 1. The highest BCUT2D eigenvalue weighted by atomic mass is 32.2. The molecule has 1 aliphatic heterocycles. The van der Waals surface area contributed by atoms with Crippen LogP contribution in [-0.2, 0) is 14.8 Å². The van der Waals surface area contributed by atoms with E-state index in [1.807, 2.05) is 0 Å². The molecule has 162 valence electrons. The molecule has 0 bridgehead atoms. The molecule has 2 aromatic rings. The molecule has 30 heavy (non-hydrogen) atoms. The van der Waals surface area contributed by atoms with E-state index in [9.17, 15) is 22.0 Å². The van der Waals surface area contributed by atoms with Crippen molar-refractivity contribution in [3.05, 3.63) is 42.5 Å². The average molecular weight is 441 g/mol. The minimum Gasteiger partial charge on any atom is -0.395 e. The van der Waals surface area contributed by atoms with Crippen molar-refractivity contribution in [3.63, 3.8) is 0 Å². The van der Waals surface area contributed by atoms with Gasteiger partial charge >= 0.3 is 6.29 Å². The van der Waals surface area contributed by atoms with Gasteiger partial charge in [0.25, 0.3) is 0 Å². The number of benzene rings is 2. The molecule has 1 amide bonds. The molecular formula is C19H21F2N3O5S. The van der Waals surface area contributed by atoms with Crippen LogP contribution in [0.1, 0.15) is 13.8 Å². The minimum atomic E-state index is -3.71. The van der Waals surface area contributed by atoms with Crippen LogP contribution in [0.15, 0.2) is 47.4 Å². The summed E-state index contributed by atoms with van der Waals surface area (Å²) in [5.41, 5.74) is 0.698. The average Bonchev–Trinajstić information content (AvgIpc) is 3.00. The van der Waals surface area contributed by atoms with Crippen LogP contribution in [0.2, 0.25) is 0 Å². The first-order valence-corrected chi connectivity index (χ1v) is 10.6. The molecule has 0 spiro atoms. The second-order valence-electron chi connectivity index (χ2n) is 6.35. The summed E-state index contributed by atoms with van der Waals surface area (Å²) in [6.45, 7) is 3.98. The molecule has 2 N–H and O–H groups in total. The Kier molecular flexibility index (Phi) is 6.13. The van der Waals surface area contributed by atoms with E-state index in [4.69, 9.17) is 0 Å². The van der Waals surface area contributed by atoms with Gasteiger partial charge in [-0.15, -0.1) is 8.78 Å². The summed E-state index contributed by atoms with van der Waals surface area (Å²) in [6, 6.07) is 10.0. The van der Waals surface area contributed by atoms with E-state index >= 15 is 0 Å². The molecule has 8 nitrogen and oxygen atoms in total. The molecule has 0 atom stereocenters. The topological polar surface area (TPSA) is 97.0 Å². The summed E-state index contributed by atoms with van der Waals surface area (Å²) in [5.74, 6) is -0.684. The molecule has 1 heterocycles. The van der Waals surface area contributed by atoms with Crippen LogP contribution in [0, 0.1) is 0 Å². The number of rotatable bonds is 8. The molecule has 0 fully saturated rings. The molecular weight excluding hydrogens is 420 g/mol. The number of alkyl halides is 2. The molecule has 0 radical (unpaired) electrons. The van der Waals surface area contributed by atoms with Crippen LogP contribution in [0.3, 0.4) is 0 Å². The number of anilines is 2. The SMILES string of the molecule is CCN(CC)S(=O)(=O)c1cccc(NC(=O)CNc2ccc3c(c2)OC(F)(F)O3)c1. The molecule has 1 aliphatic rings. The summed E-state index contributed by atoms with van der Waals surface area (Å²) in [5, 5.41) is 5.39. The van der Waals surface area contributed by atoms with Crippen molar-refractivity contribution in [1.29, 1.82) is 0 Å². The Balaban J connectivity index is 1.62. The summed E-state index contributed by atoms with van der Waals surface area (Å²) < 4.78 is 61.3. The van der Waals surface area contributed by atoms with Gasteiger partial charge in [-0.05, 0) is 30.3 Å². The third-order valence-corrected chi connectivity index (χ3v) is 6.36. The smallest absolute Gasteiger partial charge is 0.395 e. The van der Waals surface area contributed by atoms with E-state index in [-0.39, 0.29) is 22.9 Å². The maximum atomic E-state index is 13.1. The fraction of sp³-hybridized carbons (Fsp3) is 0.316. The summed E-state index contributed by atoms with van der Waals surface area (Å²) in [4.78, 5) is 12.3. The monoisotopic (exact) mass is 441 g/mol. The van der Waals surface area contributed by atoms with Gasteiger partial charge < -0.3 is 20.1 Å². The van der Waals surface area contributed by atoms with Crippen LogP contribution in [-0.4, -0.2) is 44.6 Å². The van der Waals surface area contributed by atoms with Crippen molar-refractivity contribution in [1.82, 2.24) is 4.31 Å². The third-order valence-electron chi connectivity index (χ3n) is 4.32. The molecule has 0 aromatic heterocycles. The van der Waals surface area contributed by atoms with Crippen LogP contribution >= 0.6 is 0 Å². The molecule has 0 unspecified atom stereocenters. The lowest BCUT2D eigenvalue weighted by molar-refractivity contribution is -0.286. The number of halogens is 2. The maximum Gasteiger partial charge on any atom is 0.586 e. The zero-order chi connectivity index (χ0) is 21.9. The lowest BCUT2D eigenvalue weighted by Crippen LogP contribution is -2.30. The van der Waals surface area contributed by atoms with E-state index in [0.717, 1.165) is 0 Å². The Bertz CT molecular complexity index is 1040. The second-order valence-corrected chi connectivity index (χ2v) is 8.29. The molecule has 0 saturated carbocycles. The zero-order valence-corrected chi connectivity index (χ0v) is 17.1. The molecule has 0 aliphatic carbocycles. The van der Waals surface area contributed by atoms with Gasteiger partial charge in [-0.3, -0.25) is 4.79 Å². The Morgan fingerprint density at radius 1 is 1.03 bits per heavy atom. The van der Waals surface area contributed by atoms with Gasteiger partial charge in [-0.2, -0.15) is 4.31 Å². The van der Waals surface area contributed by atoms with Gasteiger partial charge in [-0.1, -0.05) is 19.9 Å². The fourth-order valence-corrected chi connectivity index (χ4v) is 4.40. The van der Waals surface area contributed by atoms with Crippen molar-refractivity contribution < 1.29 is 31.5 Å². The number of amides is 1. The zero-order valence-electron chi connectivity index (χ0n) is 16.3. The van der Waals surface area contributed by atoms with Gasteiger partial charge in [-0.25, -0.2) is 8.42 Å². The highest BCUT2D eigenvalue weighted by Crippen LogP contribution is 2.42. The predicted octanol–water partition coefficient (Wildman–Crippen LogP) is 3.09. The normalized spacial score (nSPS) is 14.6. The first-order valence-electron chi connectivity index (χ1n) is 9.18. The third kappa shape index (κ3) is 4.79. The fourth-order valence-electron chi connectivity index (χ4n) is 2.89. The van der Waals surface area contributed by atoms with Crippen LogP contribution < -0.4 is 20.1 Å². The van der Waals surface area contributed by atoms with E-state index in [2.05, 4.69) is 20.1 Å². The molecule has 11 heteroatoms. The summed E-state index contributed by atoms with van der Waals surface area (Å²) in [7, 11) is -3.65. The molecule has 3 rings (SSSR count). The summed E-state index contributed by atoms with van der Waals surface area (Å²) in [6.07, 6.45) is -3.71. The quantitative estimate of drug-likeness (QED) is 0.654. The molecule has 2 aromatic carbocycles. The Morgan fingerprint density at radius 2 is 1.73 bits per heavy atom. The van der Waals surface area contributed by atoms with Gasteiger partial charge in [0.15, 0.2) is 11.5 Å². The van der Waals surface area contributed by atoms with E-state index < -0.39 is 22.2 Å². The summed E-state index contributed by atoms with van der Waals surface area (Å²) >= 11 is 0. The van der Waals surface area contributed by atoms with Crippen LogP contribution in [0.4, 0.5) is 20.2 Å². The van der Waals surface area contributed by atoms with E-state index in [1.54, 1.807) is 19.9 Å². The van der Waals surface area contributed by atoms with Gasteiger partial charge in [0.05, 0.1) is 11.4 Å². The first kappa shape index (κ1) is 21.8. The Labute approximate surface area is 172 Å². The van der Waals surface area contributed by atoms with Gasteiger partial charge in [0.1, 0.15) is 0 Å². The number of nitrogens with zero attached hydrogens (tertiary/aromatic N) is 1. The van der Waals surface area contributed by atoms with Crippen molar-refractivity contribution in [2.45, 2.75) is 25.0 Å². The van der Waals surface area contributed by atoms with Crippen LogP contribution in [0.5, 0.6) is 11.5 Å². The highest BCUT2D eigenvalue weighted by Gasteiger charge is 2.43. The number of ether oxygens (including phenoxy) is 2. The Hall–Kier alpha value is -2.92. The highest BCUT2D eigenvalue weighted by molar-refractivity contribution is 7.89. The molecule has 0 saturated heterocycles. The first-order chi connectivity index (χ1) is 14.1. The van der Waals surface area contributed by atoms with Gasteiger partial charge in [0.2, 0.25) is 15.9 Å². The number of nitrogens with one attached hydrogen (secondary N) is 2. The van der Waals surface area contributed by atoms with Crippen molar-refractivity contribution >= 4 is 27.3 Å². The predicted molar refractivity (Wildman–Crippen MR) is 106 cm³/mol. The maximum absolute atomic E-state index is 13.1. The van der Waals surface area contributed by atoms with E-state index in [1.165, 1.54) is 40.7 Å². The van der Waals surface area contributed by atoms with Gasteiger partial charge in [0, 0.05) is 30.5 Å². The second kappa shape index (κ2) is 8.44. The number of carbonyl (C=O) groups excluding carboxylic acids is 1. The lowest BCUT2D eigenvalue weighted by atomic mass is 10.2. The number of sulfonamides is 1. The van der Waals surface area contributed by atoms with Crippen molar-refractivity contribution in [2.75, 3.05) is 30.3 Å². The largest absolute Gasteiger partial charge is 0.586 e. The number of hydrogen-bond acceptors (Lipinski definition) is 6. The van der Waals surface area contributed by atoms with Crippen LogP contribution in [0.25, 0.3) is 0 Å². The standard InChI is InChI=1S/C19H21F2N3O5S/c1-3-24(4-2)30(26,27)15-7-5-6-14(10-15)23-18(25)12-22-13-8-9-16-17(11-13)29-19(20,21)28-16/h5-11,22H,3-4,12H2,1-2H3,(H,23,25). The van der Waals surface area contributed by atoms with Crippen molar-refractivity contribution in [2.24, 2.45) is 0 Å². The van der Waals surface area contributed by atoms with E-state index in [0.29, 0.717) is 24.5 Å². The number of hydrogen-bond donors (Lipinski definition) is 2. The Morgan fingerprint density at radius 3 is 2.43 bits per heavy atom. The number of fused-ring (bicyclic) bond motifs is 1. The minimum absolute atomic E-state index is 0.0775. The lowest BCUT2D eigenvalue weighted by Gasteiger charge is -2.19.